The van der Waals surface area contributed by atoms with Crippen LogP contribution < -0.4 is 20.9 Å². The lowest BCUT2D eigenvalue weighted by Gasteiger charge is -2.23. The number of hydrogen-bond acceptors (Lipinski definition) is 8. The number of hydrogen-bond donors (Lipinski definition) is 4. The molecule has 3 aromatic rings. The zero-order valence-electron chi connectivity index (χ0n) is 22.9. The van der Waals surface area contributed by atoms with Crippen molar-refractivity contribution in [3.8, 4) is 0 Å². The van der Waals surface area contributed by atoms with Gasteiger partial charge < -0.3 is 20.1 Å². The number of anilines is 1. The lowest BCUT2D eigenvalue weighted by atomic mass is 9.87. The maximum Gasteiger partial charge on any atom is 0.435 e. The second kappa shape index (κ2) is 9.87. The van der Waals surface area contributed by atoms with Crippen LogP contribution in [-0.4, -0.2) is 56.5 Å². The molecular formula is C29H27N7O6. The summed E-state index contributed by atoms with van der Waals surface area (Å²) in [6, 6.07) is 10.0. The summed E-state index contributed by atoms with van der Waals surface area (Å²) in [4.78, 5) is 61.0. The topological polar surface area (TPSA) is 167 Å². The van der Waals surface area contributed by atoms with E-state index >= 15 is 0 Å². The van der Waals surface area contributed by atoms with Gasteiger partial charge in [-0.05, 0) is 38.5 Å². The number of fused-ring (bicyclic) bond motifs is 1. The summed E-state index contributed by atoms with van der Waals surface area (Å²) in [5.74, 6) is -1.67. The van der Waals surface area contributed by atoms with E-state index in [1.165, 1.54) is 0 Å². The first-order valence-corrected chi connectivity index (χ1v) is 13.2. The van der Waals surface area contributed by atoms with E-state index in [0.29, 0.717) is 34.7 Å². The first-order valence-electron chi connectivity index (χ1n) is 13.2. The number of carboxylic acid groups (broad SMARTS) is 1. The number of rotatable bonds is 3. The van der Waals surface area contributed by atoms with Crippen molar-refractivity contribution < 1.29 is 29.0 Å². The summed E-state index contributed by atoms with van der Waals surface area (Å²) >= 11 is 0. The van der Waals surface area contributed by atoms with Gasteiger partial charge in [-0.1, -0.05) is 24.3 Å². The Balaban J connectivity index is 1.47. The molecule has 6 rings (SSSR count). The number of carbonyl (C=O) groups is 4. The highest BCUT2D eigenvalue weighted by molar-refractivity contribution is 6.36. The molecule has 1 aromatic carbocycles. The number of nitrogens with one attached hydrogen (secondary N) is 3. The fraction of sp³-hybridized carbons (Fsp3) is 0.241. The van der Waals surface area contributed by atoms with Crippen LogP contribution in [0.3, 0.4) is 0 Å². The zero-order chi connectivity index (χ0) is 29.8. The average Bonchev–Trinajstić information content (AvgIpc) is 3.53. The molecule has 4 amide bonds. The van der Waals surface area contributed by atoms with Gasteiger partial charge in [0.05, 0.1) is 23.2 Å². The van der Waals surface area contributed by atoms with Crippen molar-refractivity contribution in [1.82, 2.24) is 25.3 Å². The number of imide groups is 1. The minimum atomic E-state index is -1.40. The molecule has 13 heteroatoms. The number of benzene rings is 1. The predicted molar refractivity (Wildman–Crippen MR) is 152 cm³/mol. The van der Waals surface area contributed by atoms with Gasteiger partial charge in [0.1, 0.15) is 23.1 Å². The molecule has 5 heterocycles. The zero-order valence-corrected chi connectivity index (χ0v) is 22.9. The first-order chi connectivity index (χ1) is 20.0. The van der Waals surface area contributed by atoms with Crippen LogP contribution in [0.1, 0.15) is 49.6 Å². The molecule has 0 aliphatic carbocycles. The second-order valence-corrected chi connectivity index (χ2v) is 11.0. The average molecular weight is 570 g/mol. The quantitative estimate of drug-likeness (QED) is 0.211. The van der Waals surface area contributed by atoms with Crippen LogP contribution in [0.15, 0.2) is 71.8 Å². The summed E-state index contributed by atoms with van der Waals surface area (Å²) in [7, 11) is 0. The maximum atomic E-state index is 13.3. The van der Waals surface area contributed by atoms with Gasteiger partial charge in [0.2, 0.25) is 0 Å². The van der Waals surface area contributed by atoms with Crippen molar-refractivity contribution in [1.29, 1.82) is 0 Å². The Morgan fingerprint density at radius 2 is 1.90 bits per heavy atom. The fourth-order valence-corrected chi connectivity index (χ4v) is 5.57. The van der Waals surface area contributed by atoms with E-state index in [0.717, 1.165) is 5.56 Å². The summed E-state index contributed by atoms with van der Waals surface area (Å²) in [5, 5.41) is 17.3. The highest BCUT2D eigenvalue weighted by Gasteiger charge is 2.43. The summed E-state index contributed by atoms with van der Waals surface area (Å²) in [6.07, 6.45) is 4.38. The number of aliphatic imine (C=N–C) groups is 1. The third-order valence-corrected chi connectivity index (χ3v) is 7.07. The van der Waals surface area contributed by atoms with Crippen LogP contribution in [0.5, 0.6) is 0 Å². The highest BCUT2D eigenvalue weighted by atomic mass is 16.6. The van der Waals surface area contributed by atoms with E-state index in [1.807, 2.05) is 29.2 Å². The van der Waals surface area contributed by atoms with E-state index < -0.39 is 41.6 Å². The Morgan fingerprint density at radius 1 is 1.12 bits per heavy atom. The molecule has 2 unspecified atom stereocenters. The van der Waals surface area contributed by atoms with E-state index in [9.17, 15) is 24.3 Å². The van der Waals surface area contributed by atoms with E-state index in [2.05, 4.69) is 25.9 Å². The van der Waals surface area contributed by atoms with Gasteiger partial charge >= 0.3 is 12.2 Å². The SMILES string of the molecule is CC(C)(C)OC(=O)N=C(NC(=O)O)C1NC=CN2CC(C3=C(c4cnc5ccccn45)C(=O)NC3=O)c3cccc1c32. The van der Waals surface area contributed by atoms with Crippen molar-refractivity contribution in [3.05, 3.63) is 83.6 Å². The van der Waals surface area contributed by atoms with E-state index in [4.69, 9.17) is 4.74 Å². The third-order valence-electron chi connectivity index (χ3n) is 7.07. The number of imidazole rings is 1. The van der Waals surface area contributed by atoms with Crippen LogP contribution in [0.2, 0.25) is 0 Å². The molecule has 214 valence electrons. The molecular weight excluding hydrogens is 542 g/mol. The van der Waals surface area contributed by atoms with Crippen molar-refractivity contribution in [2.45, 2.75) is 38.3 Å². The number of para-hydroxylation sites is 1. The van der Waals surface area contributed by atoms with Crippen LogP contribution in [0, 0.1) is 0 Å². The van der Waals surface area contributed by atoms with Crippen LogP contribution >= 0.6 is 0 Å². The maximum absolute atomic E-state index is 13.3. The van der Waals surface area contributed by atoms with Crippen molar-refractivity contribution in [2.24, 2.45) is 4.99 Å². The third kappa shape index (κ3) is 4.64. The molecule has 3 aliphatic rings. The molecule has 2 atom stereocenters. The van der Waals surface area contributed by atoms with Gasteiger partial charge in [-0.3, -0.25) is 24.6 Å². The lowest BCUT2D eigenvalue weighted by Crippen LogP contribution is -2.39. The molecule has 0 bridgehead atoms. The van der Waals surface area contributed by atoms with Crippen LogP contribution in [-0.2, 0) is 14.3 Å². The number of aromatic nitrogens is 2. The number of nitrogens with zero attached hydrogens (tertiary/aromatic N) is 4. The van der Waals surface area contributed by atoms with Gasteiger partial charge in [0.25, 0.3) is 11.8 Å². The predicted octanol–water partition coefficient (Wildman–Crippen LogP) is 3.06. The Kier molecular flexibility index (Phi) is 6.29. The van der Waals surface area contributed by atoms with E-state index in [1.54, 1.807) is 62.1 Å². The molecule has 42 heavy (non-hydrogen) atoms. The Hall–Kier alpha value is -5.46. The number of amides is 4. The molecule has 0 spiro atoms. The normalized spacial score (nSPS) is 19.9. The number of carbonyl (C=O) groups excluding carboxylic acids is 3. The van der Waals surface area contributed by atoms with Crippen molar-refractivity contribution >= 4 is 46.7 Å². The minimum Gasteiger partial charge on any atom is -0.465 e. The summed E-state index contributed by atoms with van der Waals surface area (Å²) in [5.41, 5.74) is 2.93. The van der Waals surface area contributed by atoms with Gasteiger partial charge in [0.15, 0.2) is 0 Å². The second-order valence-electron chi connectivity index (χ2n) is 11.0. The van der Waals surface area contributed by atoms with Crippen LogP contribution in [0.4, 0.5) is 15.3 Å². The monoisotopic (exact) mass is 569 g/mol. The smallest absolute Gasteiger partial charge is 0.435 e. The van der Waals surface area contributed by atoms with Crippen molar-refractivity contribution in [3.63, 3.8) is 0 Å². The minimum absolute atomic E-state index is 0.181. The molecule has 0 fully saturated rings. The standard InChI is InChI=1S/C29H27N7O6/c1-29(2,3)42-28(41)33-24(32-27(39)40)22-16-8-6-7-15-17(14-35(23(15)16)12-10-30-22)20-21(26(38)34-25(20)37)18-13-31-19-9-4-5-11-36(18)19/h4-13,17,22,30H,14H2,1-3H3,(H,39,40)(H,32,33,41)(H,34,37,38). The number of pyridine rings is 1. The van der Waals surface area contributed by atoms with Crippen LogP contribution in [0.25, 0.3) is 11.2 Å². The molecule has 0 saturated heterocycles. The summed E-state index contributed by atoms with van der Waals surface area (Å²) in [6.45, 7) is 5.37. The Morgan fingerprint density at radius 3 is 2.67 bits per heavy atom. The molecule has 13 nitrogen and oxygen atoms in total. The number of amidine groups is 1. The Labute approximate surface area is 239 Å². The fourth-order valence-electron chi connectivity index (χ4n) is 5.57. The van der Waals surface area contributed by atoms with Gasteiger partial charge in [-0.15, -0.1) is 0 Å². The van der Waals surface area contributed by atoms with Gasteiger partial charge in [-0.2, -0.15) is 4.99 Å². The molecule has 0 radical (unpaired) electrons. The van der Waals surface area contributed by atoms with Gasteiger partial charge in [0, 0.05) is 42.2 Å². The number of ether oxygens (including phenoxy) is 1. The van der Waals surface area contributed by atoms with Gasteiger partial charge in [-0.25, -0.2) is 14.6 Å². The first kappa shape index (κ1) is 26.7. The lowest BCUT2D eigenvalue weighted by molar-refractivity contribution is -0.123. The molecule has 0 saturated carbocycles. The molecule has 3 aliphatic heterocycles. The molecule has 2 aromatic heterocycles. The highest BCUT2D eigenvalue weighted by Crippen LogP contribution is 2.47. The summed E-state index contributed by atoms with van der Waals surface area (Å²) < 4.78 is 7.06. The largest absolute Gasteiger partial charge is 0.465 e. The molecule has 4 N–H and O–H groups in total. The Bertz CT molecular complexity index is 1760. The van der Waals surface area contributed by atoms with Crippen molar-refractivity contribution in [2.75, 3.05) is 11.4 Å². The van der Waals surface area contributed by atoms with E-state index in [-0.39, 0.29) is 11.4 Å².